The average Bonchev–Trinajstić information content (AvgIpc) is 2.76. The van der Waals surface area contributed by atoms with Gasteiger partial charge in [0, 0.05) is 18.1 Å². The number of rotatable bonds is 5. The van der Waals surface area contributed by atoms with Crippen molar-refractivity contribution in [1.82, 2.24) is 4.90 Å². The lowest BCUT2D eigenvalue weighted by atomic mass is 10.1. The zero-order valence-electron chi connectivity index (χ0n) is 13.8. The standard InChI is InChI=1S/C17H24ClN3O/c1-5-7-10-20(6-2)17-19-13(4)16(22)21(17)15-9-8-14(18)11-12(15)3/h8-9,11,13H,5-7,10H2,1-4H3. The molecule has 0 bridgehead atoms. The van der Waals surface area contributed by atoms with Crippen LogP contribution in [0.5, 0.6) is 0 Å². The molecule has 0 saturated carbocycles. The molecule has 0 N–H and O–H groups in total. The quantitative estimate of drug-likeness (QED) is 0.825. The maximum atomic E-state index is 12.6. The Hall–Kier alpha value is -1.55. The van der Waals surface area contributed by atoms with E-state index in [0.29, 0.717) is 5.02 Å². The molecule has 1 aromatic rings. The average molecular weight is 322 g/mol. The smallest absolute Gasteiger partial charge is 0.258 e. The Morgan fingerprint density at radius 2 is 2.09 bits per heavy atom. The van der Waals surface area contributed by atoms with Crippen LogP contribution in [0.15, 0.2) is 23.2 Å². The van der Waals surface area contributed by atoms with E-state index in [4.69, 9.17) is 11.6 Å². The summed E-state index contributed by atoms with van der Waals surface area (Å²) in [6.07, 6.45) is 2.20. The minimum absolute atomic E-state index is 0.0235. The molecule has 4 nitrogen and oxygen atoms in total. The van der Waals surface area contributed by atoms with Gasteiger partial charge < -0.3 is 4.90 Å². The summed E-state index contributed by atoms with van der Waals surface area (Å²) in [7, 11) is 0. The molecule has 0 aliphatic carbocycles. The van der Waals surface area contributed by atoms with Crippen LogP contribution in [0.4, 0.5) is 5.69 Å². The van der Waals surface area contributed by atoms with Crippen LogP contribution in [0.25, 0.3) is 0 Å². The SMILES string of the molecule is CCCCN(CC)C1=NC(C)C(=O)N1c1ccc(Cl)cc1C. The van der Waals surface area contributed by atoms with Gasteiger partial charge in [-0.25, -0.2) is 9.89 Å². The highest BCUT2D eigenvalue weighted by atomic mass is 35.5. The fraction of sp³-hybridized carbons (Fsp3) is 0.529. The van der Waals surface area contributed by atoms with Gasteiger partial charge in [0.1, 0.15) is 6.04 Å². The van der Waals surface area contributed by atoms with E-state index in [0.717, 1.165) is 43.1 Å². The van der Waals surface area contributed by atoms with Gasteiger partial charge >= 0.3 is 0 Å². The molecule has 22 heavy (non-hydrogen) atoms. The summed E-state index contributed by atoms with van der Waals surface area (Å²) in [6.45, 7) is 9.83. The second-order valence-corrected chi connectivity index (χ2v) is 6.08. The maximum Gasteiger partial charge on any atom is 0.258 e. The molecule has 1 unspecified atom stereocenters. The lowest BCUT2D eigenvalue weighted by Gasteiger charge is -2.29. The van der Waals surface area contributed by atoms with Crippen LogP contribution in [0.1, 0.15) is 39.2 Å². The summed E-state index contributed by atoms with van der Waals surface area (Å²) >= 11 is 6.04. The van der Waals surface area contributed by atoms with Gasteiger partial charge in [-0.2, -0.15) is 0 Å². The fourth-order valence-corrected chi connectivity index (χ4v) is 2.87. The van der Waals surface area contributed by atoms with Crippen molar-refractivity contribution >= 4 is 29.2 Å². The topological polar surface area (TPSA) is 35.9 Å². The molecule has 1 atom stereocenters. The number of hydrogen-bond acceptors (Lipinski definition) is 3. The number of aryl methyl sites for hydroxylation is 1. The largest absolute Gasteiger partial charge is 0.342 e. The van der Waals surface area contributed by atoms with Crippen molar-refractivity contribution in [3.63, 3.8) is 0 Å². The molecule has 0 radical (unpaired) electrons. The Kier molecular flexibility index (Phi) is 5.46. The van der Waals surface area contributed by atoms with Crippen molar-refractivity contribution in [2.24, 2.45) is 4.99 Å². The molecule has 0 saturated heterocycles. The van der Waals surface area contributed by atoms with E-state index in [1.807, 2.05) is 32.0 Å². The number of nitrogens with zero attached hydrogens (tertiary/aromatic N) is 3. The first-order valence-electron chi connectivity index (χ1n) is 7.92. The maximum absolute atomic E-state index is 12.6. The number of carbonyl (C=O) groups is 1. The molecular formula is C17H24ClN3O. The number of benzene rings is 1. The van der Waals surface area contributed by atoms with Crippen molar-refractivity contribution in [2.45, 2.75) is 46.6 Å². The molecule has 0 fully saturated rings. The minimum atomic E-state index is -0.333. The molecule has 5 heteroatoms. The van der Waals surface area contributed by atoms with Crippen molar-refractivity contribution in [3.8, 4) is 0 Å². The highest BCUT2D eigenvalue weighted by molar-refractivity contribution is 6.31. The van der Waals surface area contributed by atoms with Gasteiger partial charge in [-0.15, -0.1) is 0 Å². The van der Waals surface area contributed by atoms with Crippen molar-refractivity contribution in [2.75, 3.05) is 18.0 Å². The molecule has 1 amide bonds. The number of halogens is 1. The third-order valence-electron chi connectivity index (χ3n) is 3.93. The first-order chi connectivity index (χ1) is 10.5. The Bertz CT molecular complexity index is 585. The van der Waals surface area contributed by atoms with Crippen LogP contribution in [-0.4, -0.2) is 35.9 Å². The van der Waals surface area contributed by atoms with E-state index < -0.39 is 0 Å². The van der Waals surface area contributed by atoms with Crippen molar-refractivity contribution in [1.29, 1.82) is 0 Å². The molecule has 0 aromatic heterocycles. The number of anilines is 1. The predicted octanol–water partition coefficient (Wildman–Crippen LogP) is 3.86. The van der Waals surface area contributed by atoms with E-state index in [2.05, 4.69) is 23.7 Å². The van der Waals surface area contributed by atoms with Crippen LogP contribution in [0, 0.1) is 6.92 Å². The van der Waals surface area contributed by atoms with Gasteiger partial charge in [0.15, 0.2) is 0 Å². The van der Waals surface area contributed by atoms with Crippen LogP contribution in [0.2, 0.25) is 5.02 Å². The molecule has 0 spiro atoms. The summed E-state index contributed by atoms with van der Waals surface area (Å²) < 4.78 is 0. The summed E-state index contributed by atoms with van der Waals surface area (Å²) in [5.74, 6) is 0.786. The summed E-state index contributed by atoms with van der Waals surface area (Å²) in [4.78, 5) is 21.1. The van der Waals surface area contributed by atoms with E-state index in [9.17, 15) is 4.79 Å². The Labute approximate surface area is 137 Å². The Balaban J connectivity index is 2.38. The number of unbranched alkanes of at least 4 members (excludes halogenated alkanes) is 1. The van der Waals surface area contributed by atoms with Crippen LogP contribution in [0.3, 0.4) is 0 Å². The zero-order chi connectivity index (χ0) is 16.3. The lowest BCUT2D eigenvalue weighted by Crippen LogP contribution is -2.45. The molecule has 1 aromatic carbocycles. The number of carbonyl (C=O) groups excluding carboxylic acids is 1. The van der Waals surface area contributed by atoms with Gasteiger partial charge in [0.25, 0.3) is 5.91 Å². The van der Waals surface area contributed by atoms with Crippen molar-refractivity contribution in [3.05, 3.63) is 28.8 Å². The van der Waals surface area contributed by atoms with Gasteiger partial charge in [-0.05, 0) is 51.0 Å². The molecule has 1 aliphatic rings. The molecule has 2 rings (SSSR count). The second kappa shape index (κ2) is 7.14. The third kappa shape index (κ3) is 3.27. The van der Waals surface area contributed by atoms with Gasteiger partial charge in [0.2, 0.25) is 5.96 Å². The number of amides is 1. The Morgan fingerprint density at radius 1 is 1.36 bits per heavy atom. The van der Waals surface area contributed by atoms with Crippen LogP contribution < -0.4 is 4.90 Å². The van der Waals surface area contributed by atoms with E-state index in [1.54, 1.807) is 4.90 Å². The van der Waals surface area contributed by atoms with Gasteiger partial charge in [0.05, 0.1) is 5.69 Å². The molecular weight excluding hydrogens is 298 g/mol. The van der Waals surface area contributed by atoms with E-state index in [-0.39, 0.29) is 11.9 Å². The normalized spacial score (nSPS) is 17.9. The molecule has 1 heterocycles. The van der Waals surface area contributed by atoms with Crippen molar-refractivity contribution < 1.29 is 4.79 Å². The molecule has 1 aliphatic heterocycles. The number of hydrogen-bond donors (Lipinski definition) is 0. The third-order valence-corrected chi connectivity index (χ3v) is 4.17. The number of guanidine groups is 1. The fourth-order valence-electron chi connectivity index (χ4n) is 2.64. The monoisotopic (exact) mass is 321 g/mol. The molecule has 120 valence electrons. The van der Waals surface area contributed by atoms with Gasteiger partial charge in [-0.3, -0.25) is 4.79 Å². The van der Waals surface area contributed by atoms with E-state index in [1.165, 1.54) is 0 Å². The highest BCUT2D eigenvalue weighted by Gasteiger charge is 2.36. The first kappa shape index (κ1) is 16.8. The van der Waals surface area contributed by atoms with Gasteiger partial charge in [-0.1, -0.05) is 24.9 Å². The van der Waals surface area contributed by atoms with Crippen LogP contribution in [-0.2, 0) is 4.79 Å². The first-order valence-corrected chi connectivity index (χ1v) is 8.30. The summed E-state index contributed by atoms with van der Waals surface area (Å²) in [5, 5.41) is 0.678. The zero-order valence-corrected chi connectivity index (χ0v) is 14.5. The summed E-state index contributed by atoms with van der Waals surface area (Å²) in [6, 6.07) is 5.27. The van der Waals surface area contributed by atoms with Crippen LogP contribution >= 0.6 is 11.6 Å². The number of aliphatic imine (C=N–C) groups is 1. The Morgan fingerprint density at radius 3 is 2.68 bits per heavy atom. The summed E-state index contributed by atoms with van der Waals surface area (Å²) in [5.41, 5.74) is 1.85. The lowest BCUT2D eigenvalue weighted by molar-refractivity contribution is -0.117. The highest BCUT2D eigenvalue weighted by Crippen LogP contribution is 2.28. The predicted molar refractivity (Wildman–Crippen MR) is 92.7 cm³/mol. The van der Waals surface area contributed by atoms with E-state index >= 15 is 0 Å². The second-order valence-electron chi connectivity index (χ2n) is 5.64. The minimum Gasteiger partial charge on any atom is -0.342 e.